The average Bonchev–Trinajstić information content (AvgIpc) is 2.65. The first-order chi connectivity index (χ1) is 12.5. The molecule has 0 saturated heterocycles. The quantitative estimate of drug-likeness (QED) is 0.675. The maximum Gasteiger partial charge on any atom is 0.338 e. The SMILES string of the molecule is COc1cc(NC(=O)CSc2ncccc2C(=O)O)cc(OC)c1OC. The minimum Gasteiger partial charge on any atom is -0.493 e. The van der Waals surface area contributed by atoms with Gasteiger partial charge in [0.15, 0.2) is 11.5 Å². The van der Waals surface area contributed by atoms with Crippen molar-refractivity contribution in [2.24, 2.45) is 0 Å². The molecule has 0 spiro atoms. The van der Waals surface area contributed by atoms with Crippen LogP contribution in [-0.4, -0.2) is 49.0 Å². The van der Waals surface area contributed by atoms with Crippen molar-refractivity contribution in [3.05, 3.63) is 36.0 Å². The molecule has 0 radical (unpaired) electrons. The molecule has 138 valence electrons. The Labute approximate surface area is 154 Å². The number of hydrogen-bond donors (Lipinski definition) is 2. The highest BCUT2D eigenvalue weighted by Gasteiger charge is 2.16. The van der Waals surface area contributed by atoms with Gasteiger partial charge in [-0.05, 0) is 12.1 Å². The number of thioether (sulfide) groups is 1. The number of carbonyl (C=O) groups excluding carboxylic acids is 1. The minimum absolute atomic E-state index is 0.00600. The summed E-state index contributed by atoms with van der Waals surface area (Å²) >= 11 is 1.04. The lowest BCUT2D eigenvalue weighted by Crippen LogP contribution is -2.15. The van der Waals surface area contributed by atoms with Gasteiger partial charge in [-0.2, -0.15) is 0 Å². The van der Waals surface area contributed by atoms with Crippen LogP contribution in [0.4, 0.5) is 5.69 Å². The number of benzene rings is 1. The average molecular weight is 378 g/mol. The Morgan fingerprint density at radius 1 is 1.15 bits per heavy atom. The van der Waals surface area contributed by atoms with E-state index in [4.69, 9.17) is 19.3 Å². The molecule has 2 aromatic rings. The number of aromatic nitrogens is 1. The van der Waals surface area contributed by atoms with Gasteiger partial charge in [-0.1, -0.05) is 11.8 Å². The van der Waals surface area contributed by atoms with Gasteiger partial charge in [0.1, 0.15) is 5.03 Å². The summed E-state index contributed by atoms with van der Waals surface area (Å²) in [6.45, 7) is 0. The molecule has 0 aliphatic rings. The zero-order valence-corrected chi connectivity index (χ0v) is 15.3. The molecule has 1 heterocycles. The van der Waals surface area contributed by atoms with Crippen LogP contribution < -0.4 is 19.5 Å². The number of carbonyl (C=O) groups is 2. The number of carboxylic acids is 1. The first kappa shape index (κ1) is 19.4. The number of hydrogen-bond acceptors (Lipinski definition) is 7. The summed E-state index contributed by atoms with van der Waals surface area (Å²) in [5, 5.41) is 12.1. The van der Waals surface area contributed by atoms with E-state index in [0.717, 1.165) is 11.8 Å². The number of amides is 1. The smallest absolute Gasteiger partial charge is 0.338 e. The highest BCUT2D eigenvalue weighted by molar-refractivity contribution is 8.00. The zero-order valence-electron chi connectivity index (χ0n) is 14.4. The van der Waals surface area contributed by atoms with E-state index < -0.39 is 5.97 Å². The fourth-order valence-electron chi connectivity index (χ4n) is 2.15. The fraction of sp³-hybridized carbons (Fsp3) is 0.235. The molecule has 0 bridgehead atoms. The van der Waals surface area contributed by atoms with Gasteiger partial charge in [0.05, 0.1) is 32.6 Å². The topological polar surface area (TPSA) is 107 Å². The third kappa shape index (κ3) is 4.57. The van der Waals surface area contributed by atoms with Crippen molar-refractivity contribution < 1.29 is 28.9 Å². The number of ether oxygens (including phenoxy) is 3. The van der Waals surface area contributed by atoms with Gasteiger partial charge < -0.3 is 24.6 Å². The molecule has 1 aromatic heterocycles. The summed E-state index contributed by atoms with van der Waals surface area (Å²) in [5.74, 6) is -0.187. The van der Waals surface area contributed by atoms with Crippen LogP contribution in [0.15, 0.2) is 35.5 Å². The predicted molar refractivity (Wildman–Crippen MR) is 96.6 cm³/mol. The second-order valence-electron chi connectivity index (χ2n) is 4.91. The molecule has 0 atom stereocenters. The van der Waals surface area contributed by atoms with Crippen molar-refractivity contribution in [3.8, 4) is 17.2 Å². The number of methoxy groups -OCH3 is 3. The van der Waals surface area contributed by atoms with E-state index in [9.17, 15) is 9.59 Å². The molecule has 0 saturated carbocycles. The normalized spacial score (nSPS) is 10.1. The molecule has 1 amide bonds. The standard InChI is InChI=1S/C17H18N2O6S/c1-23-12-7-10(8-13(24-2)15(12)25-3)19-14(20)9-26-16-11(17(21)22)5-4-6-18-16/h4-8H,9H2,1-3H3,(H,19,20)(H,21,22). The summed E-state index contributed by atoms with van der Waals surface area (Å²) < 4.78 is 15.7. The monoisotopic (exact) mass is 378 g/mol. The Morgan fingerprint density at radius 2 is 1.81 bits per heavy atom. The predicted octanol–water partition coefficient (Wildman–Crippen LogP) is 2.54. The lowest BCUT2D eigenvalue weighted by atomic mass is 10.2. The van der Waals surface area contributed by atoms with Crippen LogP contribution in [0.3, 0.4) is 0 Å². The number of rotatable bonds is 8. The second kappa shape index (κ2) is 8.95. The molecule has 1 aromatic carbocycles. The van der Waals surface area contributed by atoms with E-state index in [1.165, 1.54) is 39.7 Å². The van der Waals surface area contributed by atoms with Crippen LogP contribution in [0.2, 0.25) is 0 Å². The second-order valence-corrected chi connectivity index (χ2v) is 5.88. The third-order valence-corrected chi connectivity index (χ3v) is 4.30. The Kier molecular flexibility index (Phi) is 6.67. The molecule has 26 heavy (non-hydrogen) atoms. The summed E-state index contributed by atoms with van der Waals surface area (Å²) in [4.78, 5) is 27.4. The van der Waals surface area contributed by atoms with Crippen LogP contribution in [0.25, 0.3) is 0 Å². The molecular formula is C17H18N2O6S. The Balaban J connectivity index is 2.10. The van der Waals surface area contributed by atoms with Crippen LogP contribution >= 0.6 is 11.8 Å². The van der Waals surface area contributed by atoms with Gasteiger partial charge in [0.2, 0.25) is 11.7 Å². The van der Waals surface area contributed by atoms with Gasteiger partial charge in [0, 0.05) is 24.0 Å². The summed E-state index contributed by atoms with van der Waals surface area (Å²) in [6.07, 6.45) is 1.48. The number of aromatic carboxylic acids is 1. The molecule has 2 rings (SSSR count). The fourth-order valence-corrected chi connectivity index (χ4v) is 2.94. The first-order valence-electron chi connectivity index (χ1n) is 7.41. The van der Waals surface area contributed by atoms with E-state index >= 15 is 0 Å². The number of pyridine rings is 1. The molecule has 0 aliphatic heterocycles. The van der Waals surface area contributed by atoms with Gasteiger partial charge in [-0.25, -0.2) is 9.78 Å². The molecular weight excluding hydrogens is 360 g/mol. The maximum atomic E-state index is 12.2. The molecule has 2 N–H and O–H groups in total. The van der Waals surface area contributed by atoms with Crippen LogP contribution in [0, 0.1) is 0 Å². The largest absolute Gasteiger partial charge is 0.493 e. The van der Waals surface area contributed by atoms with Crippen molar-refractivity contribution in [3.63, 3.8) is 0 Å². The number of nitrogens with one attached hydrogen (secondary N) is 1. The lowest BCUT2D eigenvalue weighted by molar-refractivity contribution is -0.113. The Bertz CT molecular complexity index is 787. The van der Waals surface area contributed by atoms with Crippen LogP contribution in [0.1, 0.15) is 10.4 Å². The van der Waals surface area contributed by atoms with Crippen LogP contribution in [-0.2, 0) is 4.79 Å². The van der Waals surface area contributed by atoms with Gasteiger partial charge in [-0.3, -0.25) is 4.79 Å². The van der Waals surface area contributed by atoms with Crippen molar-refractivity contribution >= 4 is 29.3 Å². The summed E-state index contributed by atoms with van der Waals surface area (Å²) in [6, 6.07) is 6.18. The summed E-state index contributed by atoms with van der Waals surface area (Å²) in [5.41, 5.74) is 0.516. The van der Waals surface area contributed by atoms with Gasteiger partial charge in [0.25, 0.3) is 0 Å². The third-order valence-electron chi connectivity index (χ3n) is 3.29. The highest BCUT2D eigenvalue weighted by Crippen LogP contribution is 2.40. The van der Waals surface area contributed by atoms with Crippen molar-refractivity contribution in [1.82, 2.24) is 4.98 Å². The first-order valence-corrected chi connectivity index (χ1v) is 8.39. The lowest BCUT2D eigenvalue weighted by Gasteiger charge is -2.14. The van der Waals surface area contributed by atoms with E-state index in [2.05, 4.69) is 10.3 Å². The molecule has 9 heteroatoms. The number of anilines is 1. The van der Waals surface area contributed by atoms with E-state index in [0.29, 0.717) is 22.9 Å². The maximum absolute atomic E-state index is 12.2. The highest BCUT2D eigenvalue weighted by atomic mass is 32.2. The molecule has 0 aliphatic carbocycles. The zero-order chi connectivity index (χ0) is 19.1. The number of carboxylic acid groups (broad SMARTS) is 1. The van der Waals surface area contributed by atoms with Crippen molar-refractivity contribution in [1.29, 1.82) is 0 Å². The molecule has 8 nitrogen and oxygen atoms in total. The van der Waals surface area contributed by atoms with Gasteiger partial charge >= 0.3 is 5.97 Å². The van der Waals surface area contributed by atoms with Crippen molar-refractivity contribution in [2.45, 2.75) is 5.03 Å². The minimum atomic E-state index is -1.09. The number of nitrogens with zero attached hydrogens (tertiary/aromatic N) is 1. The van der Waals surface area contributed by atoms with E-state index in [1.54, 1.807) is 12.1 Å². The van der Waals surface area contributed by atoms with Gasteiger partial charge in [-0.15, -0.1) is 0 Å². The Morgan fingerprint density at radius 3 is 2.35 bits per heavy atom. The van der Waals surface area contributed by atoms with E-state index in [-0.39, 0.29) is 22.2 Å². The van der Waals surface area contributed by atoms with E-state index in [1.807, 2.05) is 0 Å². The molecule has 0 fully saturated rings. The summed E-state index contributed by atoms with van der Waals surface area (Å²) in [7, 11) is 4.45. The van der Waals surface area contributed by atoms with Crippen LogP contribution in [0.5, 0.6) is 17.2 Å². The molecule has 0 unspecified atom stereocenters. The Hall–Kier alpha value is -2.94. The van der Waals surface area contributed by atoms with Crippen molar-refractivity contribution in [2.75, 3.05) is 32.4 Å².